The van der Waals surface area contributed by atoms with E-state index in [0.29, 0.717) is 17.9 Å². The molecule has 0 aliphatic heterocycles. The van der Waals surface area contributed by atoms with Gasteiger partial charge in [-0.1, -0.05) is 11.3 Å². The van der Waals surface area contributed by atoms with E-state index in [1.807, 2.05) is 47.6 Å². The zero-order chi connectivity index (χ0) is 18.4. The predicted molar refractivity (Wildman–Crippen MR) is 102 cm³/mol. The van der Waals surface area contributed by atoms with Crippen molar-refractivity contribution in [3.8, 4) is 5.75 Å². The Balaban J connectivity index is 1.51. The van der Waals surface area contributed by atoms with Crippen molar-refractivity contribution in [3.05, 3.63) is 76.2 Å². The van der Waals surface area contributed by atoms with Crippen LogP contribution >= 0.6 is 11.3 Å². The fraction of sp³-hybridized carbons (Fsp3) is 0.105. The molecule has 0 unspecified atom stereocenters. The average molecular weight is 367 g/mol. The zero-order valence-corrected chi connectivity index (χ0v) is 15.1. The molecule has 0 aliphatic carbocycles. The van der Waals surface area contributed by atoms with Gasteiger partial charge in [0.15, 0.2) is 6.20 Å². The summed E-state index contributed by atoms with van der Waals surface area (Å²) in [5.74, 6) is 0.495. The smallest absolute Gasteiger partial charge is 0.271 e. The minimum Gasteiger partial charge on any atom is -0.488 e. The molecular formula is C19H19N4O2S+. The van der Waals surface area contributed by atoms with E-state index in [4.69, 9.17) is 10.5 Å². The first-order valence-electron chi connectivity index (χ1n) is 7.94. The van der Waals surface area contributed by atoms with Gasteiger partial charge in [-0.15, -0.1) is 0 Å². The van der Waals surface area contributed by atoms with E-state index in [-0.39, 0.29) is 5.91 Å². The summed E-state index contributed by atoms with van der Waals surface area (Å²) in [5, 5.41) is 3.97. The van der Waals surface area contributed by atoms with Crippen LogP contribution in [0.5, 0.6) is 5.75 Å². The molecule has 0 saturated carbocycles. The molecule has 0 spiro atoms. The van der Waals surface area contributed by atoms with Gasteiger partial charge in [0.25, 0.3) is 5.91 Å². The largest absolute Gasteiger partial charge is 0.488 e. The van der Waals surface area contributed by atoms with Crippen molar-refractivity contribution >= 4 is 29.1 Å². The number of carbonyl (C=O) groups excluding carboxylic acids is 1. The van der Waals surface area contributed by atoms with E-state index in [1.54, 1.807) is 41.8 Å². The fourth-order valence-electron chi connectivity index (χ4n) is 2.18. The molecule has 3 aromatic rings. The highest BCUT2D eigenvalue weighted by molar-refractivity contribution is 7.09. The van der Waals surface area contributed by atoms with Crippen LogP contribution in [-0.4, -0.2) is 12.1 Å². The minimum atomic E-state index is -0.287. The van der Waals surface area contributed by atoms with Crippen molar-refractivity contribution in [2.75, 3.05) is 5.73 Å². The third-order valence-electron chi connectivity index (χ3n) is 3.53. The summed E-state index contributed by atoms with van der Waals surface area (Å²) < 4.78 is 7.74. The van der Waals surface area contributed by atoms with Crippen molar-refractivity contribution in [1.82, 2.24) is 5.43 Å². The molecule has 1 aromatic heterocycles. The Morgan fingerprint density at radius 1 is 1.23 bits per heavy atom. The number of aryl methyl sites for hydroxylation is 1. The SMILES string of the molecule is C[n+]1csc(COc2ccc(/C=N/NC(=O)c3ccc(N)cc3)cc2)c1. The zero-order valence-electron chi connectivity index (χ0n) is 14.3. The first-order valence-corrected chi connectivity index (χ1v) is 8.82. The summed E-state index contributed by atoms with van der Waals surface area (Å²) in [6.45, 7) is 0.538. The van der Waals surface area contributed by atoms with Crippen molar-refractivity contribution < 1.29 is 14.1 Å². The number of nitrogen functional groups attached to an aromatic ring is 1. The van der Waals surface area contributed by atoms with E-state index in [2.05, 4.69) is 10.5 Å². The molecule has 0 radical (unpaired) electrons. The molecule has 0 aliphatic rings. The van der Waals surface area contributed by atoms with Gasteiger partial charge in [0.2, 0.25) is 5.51 Å². The molecular weight excluding hydrogens is 348 g/mol. The Kier molecular flexibility index (Phi) is 5.60. The normalized spacial score (nSPS) is 10.8. The highest BCUT2D eigenvalue weighted by atomic mass is 32.1. The van der Waals surface area contributed by atoms with Crippen molar-refractivity contribution in [1.29, 1.82) is 0 Å². The maximum absolute atomic E-state index is 11.9. The van der Waals surface area contributed by atoms with E-state index >= 15 is 0 Å². The maximum atomic E-state index is 11.9. The number of nitrogens with two attached hydrogens (primary N) is 1. The number of hydrazone groups is 1. The Morgan fingerprint density at radius 3 is 2.62 bits per heavy atom. The van der Waals surface area contributed by atoms with Crippen LogP contribution < -0.4 is 20.5 Å². The second-order valence-corrected chi connectivity index (χ2v) is 6.63. The van der Waals surface area contributed by atoms with Crippen LogP contribution in [0.1, 0.15) is 20.8 Å². The van der Waals surface area contributed by atoms with Gasteiger partial charge in [-0.05, 0) is 54.1 Å². The van der Waals surface area contributed by atoms with Crippen LogP contribution in [0.4, 0.5) is 5.69 Å². The second kappa shape index (κ2) is 8.26. The van der Waals surface area contributed by atoms with Gasteiger partial charge in [-0.25, -0.2) is 5.43 Å². The molecule has 0 fully saturated rings. The Morgan fingerprint density at radius 2 is 1.96 bits per heavy atom. The van der Waals surface area contributed by atoms with Gasteiger partial charge in [-0.3, -0.25) is 4.79 Å². The minimum absolute atomic E-state index is 0.287. The maximum Gasteiger partial charge on any atom is 0.271 e. The summed E-state index contributed by atoms with van der Waals surface area (Å²) in [5.41, 5.74) is 12.1. The number of nitrogens with one attached hydrogen (secondary N) is 1. The Hall–Kier alpha value is -3.19. The number of hydrogen-bond donors (Lipinski definition) is 2. The first-order chi connectivity index (χ1) is 12.6. The van der Waals surface area contributed by atoms with Gasteiger partial charge >= 0.3 is 0 Å². The second-order valence-electron chi connectivity index (χ2n) is 5.66. The van der Waals surface area contributed by atoms with Crippen LogP contribution in [0.2, 0.25) is 0 Å². The third-order valence-corrected chi connectivity index (χ3v) is 4.50. The van der Waals surface area contributed by atoms with Gasteiger partial charge < -0.3 is 10.5 Å². The Bertz CT molecular complexity index is 902. The van der Waals surface area contributed by atoms with E-state index in [9.17, 15) is 4.79 Å². The molecule has 132 valence electrons. The first kappa shape index (κ1) is 17.6. The molecule has 6 nitrogen and oxygen atoms in total. The third kappa shape index (κ3) is 4.90. The monoisotopic (exact) mass is 367 g/mol. The molecule has 7 heteroatoms. The average Bonchev–Trinajstić information content (AvgIpc) is 3.07. The van der Waals surface area contributed by atoms with E-state index < -0.39 is 0 Å². The number of hydrogen-bond acceptors (Lipinski definition) is 5. The van der Waals surface area contributed by atoms with Gasteiger partial charge in [0, 0.05) is 11.3 Å². The van der Waals surface area contributed by atoms with Crippen LogP contribution in [0.15, 0.2) is 65.3 Å². The lowest BCUT2D eigenvalue weighted by molar-refractivity contribution is -0.666. The fourth-order valence-corrected chi connectivity index (χ4v) is 2.90. The van der Waals surface area contributed by atoms with Crippen LogP contribution in [0.3, 0.4) is 0 Å². The van der Waals surface area contributed by atoms with Crippen molar-refractivity contribution in [2.24, 2.45) is 12.1 Å². The summed E-state index contributed by atoms with van der Waals surface area (Å²) in [6.07, 6.45) is 3.62. The highest BCUT2D eigenvalue weighted by Crippen LogP contribution is 2.14. The number of benzene rings is 2. The standard InChI is InChI=1S/C19H18N4O2S/c1-23-11-18(26-13-23)12-25-17-8-2-14(3-9-17)10-21-22-19(24)15-4-6-16(20)7-5-15/h2-11,13H,12H2,1H3,(H2-,20,22,24)/p+1/b21-10+. The molecule has 0 atom stereocenters. The number of carbonyl (C=O) groups is 1. The van der Waals surface area contributed by atoms with Gasteiger partial charge in [0.1, 0.15) is 24.3 Å². The van der Waals surface area contributed by atoms with Crippen LogP contribution in [0, 0.1) is 0 Å². The van der Waals surface area contributed by atoms with Crippen LogP contribution in [-0.2, 0) is 13.7 Å². The number of nitrogens with zero attached hydrogens (tertiary/aromatic N) is 2. The lowest BCUT2D eigenvalue weighted by Gasteiger charge is -2.04. The molecule has 1 amide bonds. The molecule has 26 heavy (non-hydrogen) atoms. The molecule has 2 aromatic carbocycles. The number of thiazole rings is 1. The number of rotatable bonds is 6. The highest BCUT2D eigenvalue weighted by Gasteiger charge is 2.04. The molecule has 0 bridgehead atoms. The van der Waals surface area contributed by atoms with Gasteiger partial charge in [-0.2, -0.15) is 9.67 Å². The molecule has 0 saturated heterocycles. The summed E-state index contributed by atoms with van der Waals surface area (Å²) in [6, 6.07) is 14.2. The van der Waals surface area contributed by atoms with E-state index in [1.165, 1.54) is 0 Å². The van der Waals surface area contributed by atoms with Crippen LogP contribution in [0.25, 0.3) is 0 Å². The topological polar surface area (TPSA) is 80.6 Å². The lowest BCUT2D eigenvalue weighted by atomic mass is 10.2. The number of amides is 1. The van der Waals surface area contributed by atoms with Crippen molar-refractivity contribution in [2.45, 2.75) is 6.61 Å². The van der Waals surface area contributed by atoms with Crippen molar-refractivity contribution in [3.63, 3.8) is 0 Å². The summed E-state index contributed by atoms with van der Waals surface area (Å²) in [4.78, 5) is 13.1. The summed E-state index contributed by atoms with van der Waals surface area (Å²) >= 11 is 1.65. The molecule has 3 rings (SSSR count). The Labute approximate surface area is 155 Å². The quantitative estimate of drug-likeness (QED) is 0.304. The number of ether oxygens (including phenoxy) is 1. The van der Waals surface area contributed by atoms with Gasteiger partial charge in [0.05, 0.1) is 6.21 Å². The molecule has 3 N–H and O–H groups in total. The van der Waals surface area contributed by atoms with E-state index in [0.717, 1.165) is 16.2 Å². The lowest BCUT2D eigenvalue weighted by Crippen LogP contribution is -2.22. The predicted octanol–water partition coefficient (Wildman–Crippen LogP) is 2.50. The summed E-state index contributed by atoms with van der Waals surface area (Å²) in [7, 11) is 1.99. The molecule has 1 heterocycles. The number of aromatic nitrogens is 1. The number of anilines is 1.